The zero-order valence-electron chi connectivity index (χ0n) is 13.1. The van der Waals surface area contributed by atoms with Gasteiger partial charge >= 0.3 is 0 Å². The van der Waals surface area contributed by atoms with Gasteiger partial charge in [-0.15, -0.1) is 0 Å². The highest BCUT2D eigenvalue weighted by Gasteiger charge is 2.21. The molecule has 0 aromatic heterocycles. The zero-order chi connectivity index (χ0) is 15.9. The lowest BCUT2D eigenvalue weighted by Gasteiger charge is -2.22. The van der Waals surface area contributed by atoms with E-state index < -0.39 is 5.82 Å². The maximum absolute atomic E-state index is 13.1. The van der Waals surface area contributed by atoms with Gasteiger partial charge in [0.2, 0.25) is 0 Å². The summed E-state index contributed by atoms with van der Waals surface area (Å²) in [4.78, 5) is 6.25. The molecule has 0 unspecified atom stereocenters. The van der Waals surface area contributed by atoms with Crippen LogP contribution in [0, 0.1) is 11.7 Å². The average molecular weight is 328 g/mol. The Hall–Kier alpha value is -1.33. The van der Waals surface area contributed by atoms with Gasteiger partial charge in [0, 0.05) is 33.8 Å². The molecule has 4 nitrogen and oxygen atoms in total. The van der Waals surface area contributed by atoms with E-state index in [0.717, 1.165) is 30.6 Å². The maximum Gasteiger partial charge on any atom is 0.193 e. The molecule has 1 N–H and O–H groups in total. The molecular formula is C16H23ClFN3O. The first-order valence-corrected chi connectivity index (χ1v) is 7.91. The Morgan fingerprint density at radius 1 is 1.50 bits per heavy atom. The Morgan fingerprint density at radius 3 is 2.91 bits per heavy atom. The van der Waals surface area contributed by atoms with Crippen molar-refractivity contribution in [2.75, 3.05) is 33.9 Å². The van der Waals surface area contributed by atoms with Crippen molar-refractivity contribution in [1.29, 1.82) is 0 Å². The van der Waals surface area contributed by atoms with E-state index in [1.807, 2.05) is 11.9 Å². The summed E-state index contributed by atoms with van der Waals surface area (Å²) in [5.41, 5.74) is 0.908. The van der Waals surface area contributed by atoms with Crippen LogP contribution in [0.15, 0.2) is 23.2 Å². The summed E-state index contributed by atoms with van der Waals surface area (Å²) in [5, 5.41) is 3.37. The van der Waals surface area contributed by atoms with Crippen molar-refractivity contribution < 1.29 is 9.13 Å². The smallest absolute Gasteiger partial charge is 0.193 e. The first-order valence-electron chi connectivity index (χ1n) is 7.53. The Balaban J connectivity index is 1.73. The van der Waals surface area contributed by atoms with Crippen molar-refractivity contribution in [2.45, 2.75) is 19.4 Å². The van der Waals surface area contributed by atoms with E-state index in [1.54, 1.807) is 19.2 Å². The number of hydrogen-bond donors (Lipinski definition) is 1. The largest absolute Gasteiger partial charge is 0.379 e. The minimum Gasteiger partial charge on any atom is -0.379 e. The van der Waals surface area contributed by atoms with Gasteiger partial charge in [-0.3, -0.25) is 4.99 Å². The van der Waals surface area contributed by atoms with Gasteiger partial charge in [0.1, 0.15) is 5.82 Å². The SMILES string of the molecule is CN=C(NCc1ccc(F)c(Cl)c1)N(C)CCOCC1CC1. The molecule has 22 heavy (non-hydrogen) atoms. The van der Waals surface area contributed by atoms with E-state index in [-0.39, 0.29) is 5.02 Å². The number of hydrogen-bond acceptors (Lipinski definition) is 2. The number of aliphatic imine (C=N–C) groups is 1. The number of rotatable bonds is 7. The lowest BCUT2D eigenvalue weighted by molar-refractivity contribution is 0.115. The molecule has 0 saturated heterocycles. The molecule has 122 valence electrons. The fraction of sp³-hybridized carbons (Fsp3) is 0.562. The molecule has 0 radical (unpaired) electrons. The first-order chi connectivity index (χ1) is 10.6. The summed E-state index contributed by atoms with van der Waals surface area (Å²) in [6, 6.07) is 4.70. The third kappa shape index (κ3) is 5.46. The van der Waals surface area contributed by atoms with Crippen LogP contribution in [0.5, 0.6) is 0 Å². The lowest BCUT2D eigenvalue weighted by Crippen LogP contribution is -2.40. The van der Waals surface area contributed by atoms with Crippen molar-refractivity contribution in [1.82, 2.24) is 10.2 Å². The molecule has 0 amide bonds. The number of benzene rings is 1. The third-order valence-electron chi connectivity index (χ3n) is 3.63. The third-order valence-corrected chi connectivity index (χ3v) is 3.92. The highest BCUT2D eigenvalue weighted by molar-refractivity contribution is 6.30. The average Bonchev–Trinajstić information content (AvgIpc) is 3.32. The Bertz CT molecular complexity index is 520. The van der Waals surface area contributed by atoms with Crippen molar-refractivity contribution in [3.05, 3.63) is 34.6 Å². The van der Waals surface area contributed by atoms with Crippen LogP contribution in [0.3, 0.4) is 0 Å². The number of likely N-dealkylation sites (N-methyl/N-ethyl adjacent to an activating group) is 1. The van der Waals surface area contributed by atoms with Crippen LogP contribution < -0.4 is 5.32 Å². The van der Waals surface area contributed by atoms with Crippen LogP contribution in [0.4, 0.5) is 4.39 Å². The number of halogens is 2. The molecule has 6 heteroatoms. The van der Waals surface area contributed by atoms with Gasteiger partial charge in [0.05, 0.1) is 11.6 Å². The molecule has 1 aromatic carbocycles. The van der Waals surface area contributed by atoms with Crippen molar-refractivity contribution in [3.63, 3.8) is 0 Å². The quantitative estimate of drug-likeness (QED) is 0.475. The molecule has 0 heterocycles. The van der Waals surface area contributed by atoms with Crippen molar-refractivity contribution in [2.24, 2.45) is 10.9 Å². The summed E-state index contributed by atoms with van der Waals surface area (Å²) in [6.45, 7) is 2.88. The highest BCUT2D eigenvalue weighted by atomic mass is 35.5. The van der Waals surface area contributed by atoms with Crippen LogP contribution in [-0.4, -0.2) is 44.7 Å². The summed E-state index contributed by atoms with van der Waals surface area (Å²) in [5.74, 6) is 1.15. The summed E-state index contributed by atoms with van der Waals surface area (Å²) >= 11 is 5.78. The van der Waals surface area contributed by atoms with E-state index in [4.69, 9.17) is 16.3 Å². The van der Waals surface area contributed by atoms with Crippen LogP contribution >= 0.6 is 11.6 Å². The molecule has 0 atom stereocenters. The summed E-state index contributed by atoms with van der Waals surface area (Å²) in [6.07, 6.45) is 2.61. The number of nitrogens with zero attached hydrogens (tertiary/aromatic N) is 2. The summed E-state index contributed by atoms with van der Waals surface area (Å²) < 4.78 is 18.8. The van der Waals surface area contributed by atoms with E-state index in [9.17, 15) is 4.39 Å². The highest BCUT2D eigenvalue weighted by Crippen LogP contribution is 2.28. The van der Waals surface area contributed by atoms with Gasteiger partial charge in [-0.05, 0) is 36.5 Å². The minimum atomic E-state index is -0.403. The molecule has 0 spiro atoms. The van der Waals surface area contributed by atoms with Crippen molar-refractivity contribution in [3.8, 4) is 0 Å². The molecule has 0 aliphatic heterocycles. The van der Waals surface area contributed by atoms with E-state index in [1.165, 1.54) is 18.9 Å². The van der Waals surface area contributed by atoms with Gasteiger partial charge in [-0.25, -0.2) is 4.39 Å². The van der Waals surface area contributed by atoms with Gasteiger partial charge in [0.15, 0.2) is 5.96 Å². The fourth-order valence-corrected chi connectivity index (χ4v) is 2.26. The number of guanidine groups is 1. The molecule has 1 saturated carbocycles. The van der Waals surface area contributed by atoms with Gasteiger partial charge in [-0.2, -0.15) is 0 Å². The normalized spacial score (nSPS) is 15.0. The van der Waals surface area contributed by atoms with Gasteiger partial charge in [0.25, 0.3) is 0 Å². The second-order valence-electron chi connectivity index (χ2n) is 5.59. The van der Waals surface area contributed by atoms with Crippen molar-refractivity contribution >= 4 is 17.6 Å². The standard InChI is InChI=1S/C16H23ClFN3O/c1-19-16(21(2)7-8-22-11-12-3-4-12)20-10-13-5-6-15(18)14(17)9-13/h5-6,9,12H,3-4,7-8,10-11H2,1-2H3,(H,19,20). The molecule has 1 aromatic rings. The Kier molecular flexibility index (Phi) is 6.46. The second kappa shape index (κ2) is 8.34. The molecule has 1 fully saturated rings. The minimum absolute atomic E-state index is 0.135. The monoisotopic (exact) mass is 327 g/mol. The fourth-order valence-electron chi connectivity index (χ4n) is 2.06. The van der Waals surface area contributed by atoms with E-state index in [0.29, 0.717) is 13.2 Å². The lowest BCUT2D eigenvalue weighted by atomic mass is 10.2. The van der Waals surface area contributed by atoms with Crippen LogP contribution in [0.1, 0.15) is 18.4 Å². The molecule has 0 bridgehead atoms. The van der Waals surface area contributed by atoms with E-state index >= 15 is 0 Å². The Labute approximate surface area is 136 Å². The Morgan fingerprint density at radius 2 is 2.27 bits per heavy atom. The zero-order valence-corrected chi connectivity index (χ0v) is 13.9. The van der Waals surface area contributed by atoms with Crippen LogP contribution in [0.25, 0.3) is 0 Å². The summed E-state index contributed by atoms with van der Waals surface area (Å²) in [7, 11) is 3.70. The van der Waals surface area contributed by atoms with E-state index in [2.05, 4.69) is 10.3 Å². The van der Waals surface area contributed by atoms with Crippen LogP contribution in [0.2, 0.25) is 5.02 Å². The molecule has 2 rings (SSSR count). The number of ether oxygens (including phenoxy) is 1. The molecule has 1 aliphatic rings. The van der Waals surface area contributed by atoms with Gasteiger partial charge < -0.3 is 15.0 Å². The maximum atomic E-state index is 13.1. The second-order valence-corrected chi connectivity index (χ2v) is 6.00. The number of nitrogens with one attached hydrogen (secondary N) is 1. The first kappa shape index (κ1) is 17.0. The van der Waals surface area contributed by atoms with Gasteiger partial charge in [-0.1, -0.05) is 17.7 Å². The predicted molar refractivity (Wildman–Crippen MR) is 87.8 cm³/mol. The van der Waals surface area contributed by atoms with Crippen LogP contribution in [-0.2, 0) is 11.3 Å². The molecule has 1 aliphatic carbocycles. The topological polar surface area (TPSA) is 36.9 Å². The molecular weight excluding hydrogens is 305 g/mol. The predicted octanol–water partition coefficient (Wildman–Crippen LogP) is 2.91.